The molecule has 0 bridgehead atoms. The van der Waals surface area contributed by atoms with Crippen LogP contribution in [0.2, 0.25) is 0 Å². The molecule has 4 nitrogen and oxygen atoms in total. The summed E-state index contributed by atoms with van der Waals surface area (Å²) in [5, 5.41) is 5.86. The van der Waals surface area contributed by atoms with E-state index in [1.165, 1.54) is 0 Å². The first-order chi connectivity index (χ1) is 8.17. The van der Waals surface area contributed by atoms with Crippen molar-refractivity contribution < 1.29 is 9.53 Å². The van der Waals surface area contributed by atoms with Crippen molar-refractivity contribution in [3.8, 4) is 5.75 Å². The molecular formula is C12H18BrClN2O2. The Balaban J connectivity index is 0.00000289. The molecule has 1 amide bonds. The minimum atomic E-state index is 0. The molecule has 0 aliphatic rings. The van der Waals surface area contributed by atoms with E-state index in [1.807, 2.05) is 19.2 Å². The van der Waals surface area contributed by atoms with Crippen molar-refractivity contribution in [2.24, 2.45) is 0 Å². The molecule has 0 aromatic heterocycles. The molecule has 0 saturated heterocycles. The number of carbonyl (C=O) groups excluding carboxylic acids is 1. The zero-order valence-corrected chi connectivity index (χ0v) is 12.9. The van der Waals surface area contributed by atoms with Crippen molar-refractivity contribution in [2.45, 2.75) is 12.8 Å². The third kappa shape index (κ3) is 5.71. The van der Waals surface area contributed by atoms with Gasteiger partial charge >= 0.3 is 0 Å². The summed E-state index contributed by atoms with van der Waals surface area (Å²) >= 11 is 3.39. The summed E-state index contributed by atoms with van der Waals surface area (Å²) in [4.78, 5) is 11.6. The van der Waals surface area contributed by atoms with E-state index in [0.29, 0.717) is 6.42 Å². The van der Waals surface area contributed by atoms with Crippen molar-refractivity contribution in [3.63, 3.8) is 0 Å². The van der Waals surface area contributed by atoms with Crippen molar-refractivity contribution in [2.75, 3.05) is 26.0 Å². The Kier molecular flexibility index (Phi) is 8.79. The average molecular weight is 338 g/mol. The van der Waals surface area contributed by atoms with Crippen LogP contribution in [0.3, 0.4) is 0 Å². The molecule has 18 heavy (non-hydrogen) atoms. The number of anilines is 1. The number of carbonyl (C=O) groups is 1. The number of nitrogens with one attached hydrogen (secondary N) is 2. The summed E-state index contributed by atoms with van der Waals surface area (Å²) in [6, 6.07) is 5.48. The summed E-state index contributed by atoms with van der Waals surface area (Å²) in [6.45, 7) is 0.840. The van der Waals surface area contributed by atoms with Gasteiger partial charge in [-0.1, -0.05) is 0 Å². The van der Waals surface area contributed by atoms with E-state index in [1.54, 1.807) is 13.2 Å². The Morgan fingerprint density at radius 3 is 2.78 bits per heavy atom. The first-order valence-electron chi connectivity index (χ1n) is 5.45. The number of halogens is 2. The zero-order chi connectivity index (χ0) is 12.7. The van der Waals surface area contributed by atoms with Gasteiger partial charge in [-0.15, -0.1) is 12.4 Å². The van der Waals surface area contributed by atoms with Crippen LogP contribution in [-0.2, 0) is 4.79 Å². The van der Waals surface area contributed by atoms with Crippen LogP contribution >= 0.6 is 28.3 Å². The molecule has 1 aromatic rings. The molecule has 0 unspecified atom stereocenters. The SMILES string of the molecule is CNCCCC(=O)Nc1cc(OC)ccc1Br.Cl. The third-order valence-electron chi connectivity index (χ3n) is 2.28. The molecule has 0 fully saturated rings. The summed E-state index contributed by atoms with van der Waals surface area (Å²) in [5.74, 6) is 0.730. The van der Waals surface area contributed by atoms with E-state index in [9.17, 15) is 4.79 Å². The van der Waals surface area contributed by atoms with Gasteiger partial charge in [0.05, 0.1) is 12.8 Å². The van der Waals surface area contributed by atoms with Gasteiger partial charge in [0, 0.05) is 17.0 Å². The van der Waals surface area contributed by atoms with Crippen LogP contribution in [0.4, 0.5) is 5.69 Å². The molecule has 0 atom stereocenters. The minimum absolute atomic E-state index is 0. The number of hydrogen-bond acceptors (Lipinski definition) is 3. The maximum atomic E-state index is 11.6. The predicted molar refractivity (Wildman–Crippen MR) is 79.7 cm³/mol. The van der Waals surface area contributed by atoms with E-state index in [4.69, 9.17) is 4.74 Å². The number of amides is 1. The van der Waals surface area contributed by atoms with Crippen LogP contribution in [-0.4, -0.2) is 26.6 Å². The molecule has 6 heteroatoms. The average Bonchev–Trinajstić information content (AvgIpc) is 2.32. The number of ether oxygens (including phenoxy) is 1. The van der Waals surface area contributed by atoms with Crippen LogP contribution in [0.1, 0.15) is 12.8 Å². The highest BCUT2D eigenvalue weighted by Crippen LogP contribution is 2.27. The summed E-state index contributed by atoms with van der Waals surface area (Å²) in [5.41, 5.74) is 0.735. The first-order valence-corrected chi connectivity index (χ1v) is 6.24. The molecular weight excluding hydrogens is 320 g/mol. The normalized spacial score (nSPS) is 9.50. The number of rotatable bonds is 6. The predicted octanol–water partition coefficient (Wildman–Crippen LogP) is 2.82. The molecule has 0 saturated carbocycles. The number of hydrogen-bond donors (Lipinski definition) is 2. The molecule has 1 aromatic carbocycles. The van der Waals surface area contributed by atoms with Crippen molar-refractivity contribution >= 4 is 39.9 Å². The monoisotopic (exact) mass is 336 g/mol. The maximum Gasteiger partial charge on any atom is 0.224 e. The highest BCUT2D eigenvalue weighted by atomic mass is 79.9. The molecule has 102 valence electrons. The number of methoxy groups -OCH3 is 1. The summed E-state index contributed by atoms with van der Waals surface area (Å²) in [6.07, 6.45) is 1.33. The smallest absolute Gasteiger partial charge is 0.224 e. The zero-order valence-electron chi connectivity index (χ0n) is 10.5. The van der Waals surface area contributed by atoms with Crippen LogP contribution in [0.25, 0.3) is 0 Å². The second kappa shape index (κ2) is 9.19. The van der Waals surface area contributed by atoms with Crippen LogP contribution in [0, 0.1) is 0 Å². The van der Waals surface area contributed by atoms with Gasteiger partial charge in [0.1, 0.15) is 5.75 Å². The summed E-state index contributed by atoms with van der Waals surface area (Å²) in [7, 11) is 3.47. The fraction of sp³-hybridized carbons (Fsp3) is 0.417. The van der Waals surface area contributed by atoms with E-state index in [2.05, 4.69) is 26.6 Å². The Morgan fingerprint density at radius 1 is 1.44 bits per heavy atom. The lowest BCUT2D eigenvalue weighted by Crippen LogP contribution is -2.15. The lowest BCUT2D eigenvalue weighted by Gasteiger charge is -2.09. The van der Waals surface area contributed by atoms with E-state index in [-0.39, 0.29) is 18.3 Å². The lowest BCUT2D eigenvalue weighted by atomic mass is 10.2. The van der Waals surface area contributed by atoms with Crippen molar-refractivity contribution in [1.82, 2.24) is 5.32 Å². The largest absolute Gasteiger partial charge is 0.497 e. The van der Waals surface area contributed by atoms with Gasteiger partial charge in [0.15, 0.2) is 0 Å². The first kappa shape index (κ1) is 17.2. The van der Waals surface area contributed by atoms with Crippen LogP contribution in [0.5, 0.6) is 5.75 Å². The second-order valence-corrected chi connectivity index (χ2v) is 4.46. The van der Waals surface area contributed by atoms with Gasteiger partial charge in [0.2, 0.25) is 5.91 Å². The van der Waals surface area contributed by atoms with E-state index in [0.717, 1.165) is 28.9 Å². The lowest BCUT2D eigenvalue weighted by molar-refractivity contribution is -0.116. The van der Waals surface area contributed by atoms with Gasteiger partial charge in [-0.25, -0.2) is 0 Å². The van der Waals surface area contributed by atoms with Gasteiger partial charge in [-0.2, -0.15) is 0 Å². The van der Waals surface area contributed by atoms with Crippen molar-refractivity contribution in [3.05, 3.63) is 22.7 Å². The van der Waals surface area contributed by atoms with Gasteiger partial charge in [-0.05, 0) is 48.1 Å². The molecule has 0 radical (unpaired) electrons. The Hall–Kier alpha value is -0.780. The molecule has 0 aliphatic carbocycles. The molecule has 0 spiro atoms. The Labute approximate surface area is 122 Å². The van der Waals surface area contributed by atoms with Crippen molar-refractivity contribution in [1.29, 1.82) is 0 Å². The fourth-order valence-electron chi connectivity index (χ4n) is 1.37. The molecule has 1 rings (SSSR count). The Morgan fingerprint density at radius 2 is 2.17 bits per heavy atom. The second-order valence-electron chi connectivity index (χ2n) is 3.60. The van der Waals surface area contributed by atoms with Gasteiger partial charge in [-0.3, -0.25) is 4.79 Å². The maximum absolute atomic E-state index is 11.6. The third-order valence-corrected chi connectivity index (χ3v) is 2.97. The summed E-state index contributed by atoms with van der Waals surface area (Å²) < 4.78 is 5.96. The van der Waals surface area contributed by atoms with E-state index < -0.39 is 0 Å². The molecule has 0 aliphatic heterocycles. The van der Waals surface area contributed by atoms with Gasteiger partial charge in [0.25, 0.3) is 0 Å². The molecule has 0 heterocycles. The number of benzene rings is 1. The minimum Gasteiger partial charge on any atom is -0.497 e. The molecule has 2 N–H and O–H groups in total. The van der Waals surface area contributed by atoms with E-state index >= 15 is 0 Å². The Bertz CT molecular complexity index is 388. The standard InChI is InChI=1S/C12H17BrN2O2.ClH/c1-14-7-3-4-12(16)15-11-8-9(17-2)5-6-10(11)13;/h5-6,8,14H,3-4,7H2,1-2H3,(H,15,16);1H. The topological polar surface area (TPSA) is 50.4 Å². The van der Waals surface area contributed by atoms with Gasteiger partial charge < -0.3 is 15.4 Å². The fourth-order valence-corrected chi connectivity index (χ4v) is 1.71. The highest BCUT2D eigenvalue weighted by molar-refractivity contribution is 9.10. The van der Waals surface area contributed by atoms with Crippen LogP contribution < -0.4 is 15.4 Å². The quantitative estimate of drug-likeness (QED) is 0.785. The van der Waals surface area contributed by atoms with Crippen LogP contribution in [0.15, 0.2) is 22.7 Å². The highest BCUT2D eigenvalue weighted by Gasteiger charge is 2.06.